The van der Waals surface area contributed by atoms with Crippen LogP contribution in [0.5, 0.6) is 0 Å². The molecule has 164 valence electrons. The van der Waals surface area contributed by atoms with Crippen LogP contribution in [0.15, 0.2) is 57.6 Å². The minimum Gasteiger partial charge on any atom is -0.506 e. The lowest BCUT2D eigenvalue weighted by molar-refractivity contribution is -0.125. The van der Waals surface area contributed by atoms with Gasteiger partial charge in [-0.2, -0.15) is 0 Å². The van der Waals surface area contributed by atoms with Crippen molar-refractivity contribution in [3.8, 4) is 5.69 Å². The van der Waals surface area contributed by atoms with Crippen molar-refractivity contribution < 1.29 is 14.7 Å². The average Bonchev–Trinajstić information content (AvgIpc) is 2.74. The summed E-state index contributed by atoms with van der Waals surface area (Å²) < 4.78 is 2.60. The SMILES string of the molecule is CCn1c(=O)n(-c2ccccc2C)c(=O)c2cc(C(O)=C3C(=O)CC(C)CC3=O)ccc21. The van der Waals surface area contributed by atoms with Crippen LogP contribution in [0, 0.1) is 12.8 Å². The lowest BCUT2D eigenvalue weighted by Gasteiger charge is -2.19. The van der Waals surface area contributed by atoms with E-state index < -0.39 is 28.6 Å². The van der Waals surface area contributed by atoms with Gasteiger partial charge in [-0.3, -0.25) is 19.0 Å². The molecule has 0 radical (unpaired) electrons. The van der Waals surface area contributed by atoms with E-state index in [0.717, 1.165) is 10.1 Å². The fourth-order valence-corrected chi connectivity index (χ4v) is 4.33. The zero-order valence-electron chi connectivity index (χ0n) is 18.2. The van der Waals surface area contributed by atoms with Crippen LogP contribution in [0.3, 0.4) is 0 Å². The maximum atomic E-state index is 13.4. The van der Waals surface area contributed by atoms with Crippen LogP contribution in [-0.2, 0) is 16.1 Å². The third-order valence-electron chi connectivity index (χ3n) is 5.95. The Kier molecular flexibility index (Phi) is 5.42. The molecule has 0 unspecified atom stereocenters. The van der Waals surface area contributed by atoms with Gasteiger partial charge >= 0.3 is 5.69 Å². The van der Waals surface area contributed by atoms with Crippen LogP contribution < -0.4 is 11.2 Å². The highest BCUT2D eigenvalue weighted by atomic mass is 16.3. The predicted octanol–water partition coefficient (Wildman–Crippen LogP) is 3.32. The first-order valence-corrected chi connectivity index (χ1v) is 10.6. The second kappa shape index (κ2) is 8.07. The number of hydrogen-bond acceptors (Lipinski definition) is 5. The summed E-state index contributed by atoms with van der Waals surface area (Å²) in [4.78, 5) is 51.4. The molecule has 0 saturated heterocycles. The molecule has 1 fully saturated rings. The number of Topliss-reactive ketones (excluding diaryl/α,β-unsaturated/α-hetero) is 2. The smallest absolute Gasteiger partial charge is 0.336 e. The van der Waals surface area contributed by atoms with Gasteiger partial charge in [-0.15, -0.1) is 0 Å². The number of allylic oxidation sites excluding steroid dienone is 1. The maximum Gasteiger partial charge on any atom is 0.336 e. The van der Waals surface area contributed by atoms with Gasteiger partial charge in [-0.1, -0.05) is 25.1 Å². The van der Waals surface area contributed by atoms with Crippen molar-refractivity contribution in [1.29, 1.82) is 0 Å². The van der Waals surface area contributed by atoms with Crippen LogP contribution in [-0.4, -0.2) is 25.8 Å². The number of fused-ring (bicyclic) bond motifs is 1. The van der Waals surface area contributed by atoms with Gasteiger partial charge in [0.25, 0.3) is 5.56 Å². The van der Waals surface area contributed by atoms with Crippen molar-refractivity contribution in [2.75, 3.05) is 0 Å². The number of hydrogen-bond donors (Lipinski definition) is 1. The van der Waals surface area contributed by atoms with Crippen LogP contribution in [0.1, 0.15) is 37.8 Å². The number of carbonyl (C=O) groups is 2. The number of aliphatic hydroxyl groups excluding tert-OH is 1. The topological polar surface area (TPSA) is 98.4 Å². The monoisotopic (exact) mass is 432 g/mol. The van der Waals surface area contributed by atoms with Gasteiger partial charge in [0.2, 0.25) is 0 Å². The Bertz CT molecular complexity index is 1400. The average molecular weight is 432 g/mol. The Labute approximate surface area is 184 Å². The number of carbonyl (C=O) groups excluding carboxylic acids is 2. The third-order valence-corrected chi connectivity index (χ3v) is 5.95. The number of rotatable bonds is 3. The van der Waals surface area contributed by atoms with Gasteiger partial charge < -0.3 is 5.11 Å². The maximum absolute atomic E-state index is 13.4. The highest BCUT2D eigenvalue weighted by molar-refractivity contribution is 6.26. The number of aryl methyl sites for hydroxylation is 2. The van der Waals surface area contributed by atoms with E-state index in [1.165, 1.54) is 16.7 Å². The molecule has 0 atom stereocenters. The molecule has 1 saturated carbocycles. The summed E-state index contributed by atoms with van der Waals surface area (Å²) in [5.74, 6) is -1.29. The molecule has 4 rings (SSSR count). The van der Waals surface area contributed by atoms with Crippen molar-refractivity contribution in [2.45, 2.75) is 40.2 Å². The van der Waals surface area contributed by atoms with Gasteiger partial charge in [0.05, 0.1) is 16.6 Å². The molecule has 3 aromatic rings. The van der Waals surface area contributed by atoms with Gasteiger partial charge in [-0.05, 0) is 49.6 Å². The second-order valence-corrected chi connectivity index (χ2v) is 8.27. The standard InChI is InChI=1S/C25H24N2O5/c1-4-26-19-10-9-16(23(30)22-20(28)11-14(2)12-21(22)29)13-17(19)24(31)27(25(26)32)18-8-6-5-7-15(18)3/h5-10,13-14,30H,4,11-12H2,1-3H3. The van der Waals surface area contributed by atoms with E-state index >= 15 is 0 Å². The Morgan fingerprint density at radius 3 is 2.31 bits per heavy atom. The van der Waals surface area contributed by atoms with Crippen molar-refractivity contribution in [2.24, 2.45) is 5.92 Å². The van der Waals surface area contributed by atoms with Crippen molar-refractivity contribution >= 4 is 28.2 Å². The summed E-state index contributed by atoms with van der Waals surface area (Å²) >= 11 is 0. The molecule has 7 heteroatoms. The molecular weight excluding hydrogens is 408 g/mol. The van der Waals surface area contributed by atoms with Crippen LogP contribution in [0.25, 0.3) is 22.3 Å². The van der Waals surface area contributed by atoms with Gasteiger partial charge in [0, 0.05) is 24.9 Å². The van der Waals surface area contributed by atoms with E-state index in [2.05, 4.69) is 0 Å². The fraction of sp³-hybridized carbons (Fsp3) is 0.280. The Morgan fingerprint density at radius 2 is 1.69 bits per heavy atom. The first-order valence-electron chi connectivity index (χ1n) is 10.6. The summed E-state index contributed by atoms with van der Waals surface area (Å²) in [7, 11) is 0. The quantitative estimate of drug-likeness (QED) is 0.389. The van der Waals surface area contributed by atoms with Crippen molar-refractivity contribution in [1.82, 2.24) is 9.13 Å². The third kappa shape index (κ3) is 3.39. The van der Waals surface area contributed by atoms with E-state index in [-0.39, 0.29) is 35.3 Å². The minimum atomic E-state index is -0.529. The first-order chi connectivity index (χ1) is 15.2. The summed E-state index contributed by atoms with van der Waals surface area (Å²) in [6.45, 7) is 5.78. The molecule has 0 bridgehead atoms. The molecule has 1 heterocycles. The number of aromatic nitrogens is 2. The van der Waals surface area contributed by atoms with Crippen molar-refractivity contribution in [3.05, 3.63) is 80.0 Å². The van der Waals surface area contributed by atoms with Gasteiger partial charge in [0.15, 0.2) is 11.6 Å². The number of para-hydroxylation sites is 1. The predicted molar refractivity (Wildman–Crippen MR) is 122 cm³/mol. The molecule has 1 aliphatic carbocycles. The largest absolute Gasteiger partial charge is 0.506 e. The molecule has 0 aliphatic heterocycles. The molecule has 1 aliphatic rings. The van der Waals surface area contributed by atoms with Crippen LogP contribution in [0.2, 0.25) is 0 Å². The fourth-order valence-electron chi connectivity index (χ4n) is 4.33. The molecule has 32 heavy (non-hydrogen) atoms. The van der Waals surface area contributed by atoms with E-state index in [1.54, 1.807) is 25.1 Å². The zero-order valence-corrected chi connectivity index (χ0v) is 18.2. The number of benzene rings is 2. The molecular formula is C25H24N2O5. The van der Waals surface area contributed by atoms with E-state index in [0.29, 0.717) is 17.7 Å². The summed E-state index contributed by atoms with van der Waals surface area (Å²) in [5.41, 5.74) is 0.654. The summed E-state index contributed by atoms with van der Waals surface area (Å²) in [5, 5.41) is 11.0. The van der Waals surface area contributed by atoms with Gasteiger partial charge in [-0.25, -0.2) is 9.36 Å². The lowest BCUT2D eigenvalue weighted by atomic mass is 9.83. The molecule has 1 aromatic heterocycles. The molecule has 0 amide bonds. The Morgan fingerprint density at radius 1 is 1.03 bits per heavy atom. The molecule has 0 spiro atoms. The first kappa shape index (κ1) is 21.5. The normalized spacial score (nSPS) is 16.6. The molecule has 1 N–H and O–H groups in total. The Hall–Kier alpha value is -3.74. The number of ketones is 2. The molecule has 2 aromatic carbocycles. The second-order valence-electron chi connectivity index (χ2n) is 8.27. The van der Waals surface area contributed by atoms with E-state index in [4.69, 9.17) is 0 Å². The van der Waals surface area contributed by atoms with E-state index in [1.807, 2.05) is 26.0 Å². The van der Waals surface area contributed by atoms with Crippen LogP contribution in [0.4, 0.5) is 0 Å². The highest BCUT2D eigenvalue weighted by Gasteiger charge is 2.31. The minimum absolute atomic E-state index is 0.0662. The summed E-state index contributed by atoms with van der Waals surface area (Å²) in [6, 6.07) is 11.6. The number of nitrogens with zero attached hydrogens (tertiary/aromatic N) is 2. The lowest BCUT2D eigenvalue weighted by Crippen LogP contribution is -2.39. The number of aliphatic hydroxyl groups is 1. The highest BCUT2D eigenvalue weighted by Crippen LogP contribution is 2.28. The summed E-state index contributed by atoms with van der Waals surface area (Å²) in [6.07, 6.45) is 0.377. The Balaban J connectivity index is 2.01. The van der Waals surface area contributed by atoms with Gasteiger partial charge in [0.1, 0.15) is 11.3 Å². The zero-order chi connectivity index (χ0) is 23.2. The van der Waals surface area contributed by atoms with E-state index in [9.17, 15) is 24.3 Å². The van der Waals surface area contributed by atoms with Crippen LogP contribution >= 0.6 is 0 Å². The molecule has 7 nitrogen and oxygen atoms in total. The van der Waals surface area contributed by atoms with Crippen molar-refractivity contribution in [3.63, 3.8) is 0 Å².